The predicted octanol–water partition coefficient (Wildman–Crippen LogP) is 1.10. The van der Waals surface area contributed by atoms with Crippen LogP contribution in [-0.2, 0) is 19.9 Å². The summed E-state index contributed by atoms with van der Waals surface area (Å²) in [6.07, 6.45) is 3.35. The van der Waals surface area contributed by atoms with E-state index in [1.54, 1.807) is 0 Å². The molecule has 0 amide bonds. The number of nitrogens with one attached hydrogen (secondary N) is 1. The van der Waals surface area contributed by atoms with Crippen molar-refractivity contribution in [3.63, 3.8) is 0 Å². The van der Waals surface area contributed by atoms with E-state index in [9.17, 15) is 16.8 Å². The van der Waals surface area contributed by atoms with Gasteiger partial charge in [-0.25, -0.2) is 21.6 Å². The molecule has 0 spiro atoms. The van der Waals surface area contributed by atoms with Crippen molar-refractivity contribution in [3.05, 3.63) is 24.3 Å². The number of benzene rings is 1. The Kier molecular flexibility index (Phi) is 5.83. The van der Waals surface area contributed by atoms with Crippen molar-refractivity contribution in [1.82, 2.24) is 9.62 Å². The van der Waals surface area contributed by atoms with E-state index in [0.717, 1.165) is 25.8 Å². The number of nitrogens with zero attached hydrogens (tertiary/aromatic N) is 1. The van der Waals surface area contributed by atoms with Crippen molar-refractivity contribution >= 4 is 19.9 Å². The summed E-state index contributed by atoms with van der Waals surface area (Å²) in [5.41, 5.74) is 0. The third kappa shape index (κ3) is 5.00. The highest BCUT2D eigenvalue weighted by Crippen LogP contribution is 2.20. The number of sulfonamides is 1. The van der Waals surface area contributed by atoms with E-state index in [0.29, 0.717) is 12.5 Å². The summed E-state index contributed by atoms with van der Waals surface area (Å²) in [7, 11) is -7.44. The largest absolute Gasteiger partial charge is 0.302 e. The Bertz CT molecular complexity index is 744. The maximum atomic E-state index is 12.4. The van der Waals surface area contributed by atoms with Gasteiger partial charge < -0.3 is 4.90 Å². The van der Waals surface area contributed by atoms with Crippen LogP contribution in [0.15, 0.2) is 34.1 Å². The fraction of sp³-hybridized carbons (Fsp3) is 0.600. The van der Waals surface area contributed by atoms with Crippen molar-refractivity contribution in [2.45, 2.75) is 29.6 Å². The second kappa shape index (κ2) is 7.29. The van der Waals surface area contributed by atoms with Gasteiger partial charge in [-0.05, 0) is 37.4 Å². The van der Waals surface area contributed by atoms with Crippen LogP contribution in [0.5, 0.6) is 0 Å². The molecule has 0 radical (unpaired) electrons. The number of piperidine rings is 1. The molecule has 1 aromatic rings. The average molecular weight is 361 g/mol. The lowest BCUT2D eigenvalue weighted by molar-refractivity contribution is 0.187. The molecule has 6 nitrogen and oxygen atoms in total. The summed E-state index contributed by atoms with van der Waals surface area (Å²) in [5, 5.41) is 0. The first-order valence-electron chi connectivity index (χ1n) is 7.71. The third-order valence-corrected chi connectivity index (χ3v) is 6.80. The first-order chi connectivity index (χ1) is 10.7. The number of likely N-dealkylation sites (tertiary alicyclic amines) is 1. The average Bonchev–Trinajstić information content (AvgIpc) is 2.46. The molecule has 0 saturated carbocycles. The fourth-order valence-corrected chi connectivity index (χ4v) is 5.53. The zero-order chi connectivity index (χ0) is 17.1. The molecule has 2 rings (SSSR count). The number of hydrogen-bond acceptors (Lipinski definition) is 5. The van der Waals surface area contributed by atoms with Gasteiger partial charge in [-0.1, -0.05) is 19.1 Å². The summed E-state index contributed by atoms with van der Waals surface area (Å²) in [6, 6.07) is 5.68. The maximum Gasteiger partial charge on any atom is 0.241 e. The van der Waals surface area contributed by atoms with Crippen LogP contribution in [0.4, 0.5) is 0 Å². The van der Waals surface area contributed by atoms with Gasteiger partial charge in [-0.2, -0.15) is 0 Å². The molecule has 8 heteroatoms. The van der Waals surface area contributed by atoms with Gasteiger partial charge in [0.05, 0.1) is 4.90 Å². The Hall–Kier alpha value is -0.960. The standard InChI is InChI=1S/C15H24N2O4S2/c1-13-6-5-10-17(12-13)11-9-16-23(20,21)15-8-4-3-7-14(15)22(2,18)19/h3-4,7-8,13,16H,5-6,9-12H2,1-2H3. The summed E-state index contributed by atoms with van der Waals surface area (Å²) < 4.78 is 50.9. The molecule has 1 fully saturated rings. The van der Waals surface area contributed by atoms with Crippen LogP contribution >= 0.6 is 0 Å². The van der Waals surface area contributed by atoms with Gasteiger partial charge in [0.25, 0.3) is 0 Å². The topological polar surface area (TPSA) is 83.6 Å². The van der Waals surface area contributed by atoms with E-state index >= 15 is 0 Å². The lowest BCUT2D eigenvalue weighted by atomic mass is 10.0. The molecule has 0 bridgehead atoms. The van der Waals surface area contributed by atoms with E-state index in [-0.39, 0.29) is 16.3 Å². The van der Waals surface area contributed by atoms with Gasteiger partial charge in [0.1, 0.15) is 4.90 Å². The molecule has 130 valence electrons. The van der Waals surface area contributed by atoms with E-state index in [1.807, 2.05) is 0 Å². The fourth-order valence-electron chi connectivity index (χ4n) is 2.88. The first-order valence-corrected chi connectivity index (χ1v) is 11.1. The van der Waals surface area contributed by atoms with Gasteiger partial charge >= 0.3 is 0 Å². The molecule has 0 aromatic heterocycles. The van der Waals surface area contributed by atoms with Crippen LogP contribution in [0, 0.1) is 5.92 Å². The van der Waals surface area contributed by atoms with Gasteiger partial charge in [0.15, 0.2) is 9.84 Å². The van der Waals surface area contributed by atoms with Gasteiger partial charge in [0.2, 0.25) is 10.0 Å². The van der Waals surface area contributed by atoms with Gasteiger partial charge in [0, 0.05) is 25.9 Å². The Morgan fingerprint density at radius 1 is 1.17 bits per heavy atom. The number of hydrogen-bond donors (Lipinski definition) is 1. The van der Waals surface area contributed by atoms with E-state index in [4.69, 9.17) is 0 Å². The van der Waals surface area contributed by atoms with Crippen molar-refractivity contribution < 1.29 is 16.8 Å². The molecular weight excluding hydrogens is 336 g/mol. The molecule has 1 aromatic carbocycles. The summed E-state index contributed by atoms with van der Waals surface area (Å²) in [5.74, 6) is 0.631. The monoisotopic (exact) mass is 360 g/mol. The minimum Gasteiger partial charge on any atom is -0.302 e. The van der Waals surface area contributed by atoms with E-state index < -0.39 is 19.9 Å². The van der Waals surface area contributed by atoms with Crippen molar-refractivity contribution in [1.29, 1.82) is 0 Å². The van der Waals surface area contributed by atoms with Crippen molar-refractivity contribution in [2.24, 2.45) is 5.92 Å². The van der Waals surface area contributed by atoms with Crippen LogP contribution in [0.1, 0.15) is 19.8 Å². The molecule has 1 aliphatic rings. The Morgan fingerprint density at radius 3 is 2.43 bits per heavy atom. The van der Waals surface area contributed by atoms with E-state index in [1.165, 1.54) is 30.7 Å². The van der Waals surface area contributed by atoms with Crippen LogP contribution in [0.25, 0.3) is 0 Å². The minimum atomic E-state index is -3.84. The molecule has 1 saturated heterocycles. The highest BCUT2D eigenvalue weighted by atomic mass is 32.2. The zero-order valence-corrected chi connectivity index (χ0v) is 15.2. The molecule has 0 aliphatic carbocycles. The Balaban J connectivity index is 2.05. The lowest BCUT2D eigenvalue weighted by Gasteiger charge is -2.30. The van der Waals surface area contributed by atoms with Crippen molar-refractivity contribution in [3.8, 4) is 0 Å². The van der Waals surface area contributed by atoms with Crippen LogP contribution < -0.4 is 4.72 Å². The SMILES string of the molecule is CC1CCCN(CCNS(=O)(=O)c2ccccc2S(C)(=O)=O)C1. The van der Waals surface area contributed by atoms with Gasteiger partial charge in [-0.3, -0.25) is 0 Å². The summed E-state index contributed by atoms with van der Waals surface area (Å²) >= 11 is 0. The Labute approximate surface area is 138 Å². The molecular formula is C15H24N2O4S2. The molecule has 1 N–H and O–H groups in total. The molecule has 1 aliphatic heterocycles. The quantitative estimate of drug-likeness (QED) is 0.821. The normalized spacial score (nSPS) is 20.5. The predicted molar refractivity (Wildman–Crippen MR) is 89.6 cm³/mol. The molecule has 23 heavy (non-hydrogen) atoms. The number of rotatable bonds is 6. The first kappa shape index (κ1) is 18.4. The molecule has 1 atom stereocenters. The third-order valence-electron chi connectivity index (χ3n) is 4.00. The highest BCUT2D eigenvalue weighted by molar-refractivity contribution is 7.93. The molecule has 1 heterocycles. The van der Waals surface area contributed by atoms with Crippen molar-refractivity contribution in [2.75, 3.05) is 32.4 Å². The highest BCUT2D eigenvalue weighted by Gasteiger charge is 2.23. The maximum absolute atomic E-state index is 12.4. The number of sulfone groups is 1. The van der Waals surface area contributed by atoms with Crippen LogP contribution in [0.3, 0.4) is 0 Å². The van der Waals surface area contributed by atoms with Gasteiger partial charge in [-0.15, -0.1) is 0 Å². The second-order valence-electron chi connectivity index (χ2n) is 6.16. The Morgan fingerprint density at radius 2 is 1.83 bits per heavy atom. The minimum absolute atomic E-state index is 0.168. The van der Waals surface area contributed by atoms with E-state index in [2.05, 4.69) is 16.5 Å². The lowest BCUT2D eigenvalue weighted by Crippen LogP contribution is -2.40. The zero-order valence-electron chi connectivity index (χ0n) is 13.5. The summed E-state index contributed by atoms with van der Waals surface area (Å²) in [4.78, 5) is 1.88. The second-order valence-corrected chi connectivity index (χ2v) is 9.88. The smallest absolute Gasteiger partial charge is 0.241 e. The van der Waals surface area contributed by atoms with Crippen LogP contribution in [-0.4, -0.2) is 54.2 Å². The van der Waals surface area contributed by atoms with Crippen LogP contribution in [0.2, 0.25) is 0 Å². The molecule has 1 unspecified atom stereocenters. The summed E-state index contributed by atoms with van der Waals surface area (Å²) in [6.45, 7) is 5.05.